The van der Waals surface area contributed by atoms with Crippen molar-refractivity contribution >= 4 is 11.6 Å². The molecule has 0 aliphatic rings. The maximum absolute atomic E-state index is 13.3. The summed E-state index contributed by atoms with van der Waals surface area (Å²) in [6, 6.07) is 1.57. The summed E-state index contributed by atoms with van der Waals surface area (Å²) < 4.78 is 26.2. The number of amides is 1. The highest BCUT2D eigenvalue weighted by Gasteiger charge is 2.14. The first-order valence-corrected chi connectivity index (χ1v) is 5.70. The number of unbranched alkanes of at least 4 members (excludes halogenated alkanes) is 2. The number of hydrogen-bond donors (Lipinski definition) is 3. The Labute approximate surface area is 104 Å². The smallest absolute Gasteiger partial charge is 0.254 e. The molecule has 0 aromatic heterocycles. The van der Waals surface area contributed by atoms with Crippen LogP contribution in [0.4, 0.5) is 14.5 Å². The van der Waals surface area contributed by atoms with E-state index in [2.05, 4.69) is 5.32 Å². The Kier molecular flexibility index (Phi) is 5.51. The molecule has 0 aliphatic heterocycles. The molecule has 4 nitrogen and oxygen atoms in total. The molecule has 100 valence electrons. The molecule has 1 rings (SSSR count). The highest BCUT2D eigenvalue weighted by Crippen LogP contribution is 2.16. The third-order valence-corrected chi connectivity index (χ3v) is 2.45. The molecule has 6 heteroatoms. The summed E-state index contributed by atoms with van der Waals surface area (Å²) in [7, 11) is 0. The van der Waals surface area contributed by atoms with Crippen molar-refractivity contribution in [3.8, 4) is 0 Å². The Morgan fingerprint density at radius 2 is 1.94 bits per heavy atom. The van der Waals surface area contributed by atoms with Crippen molar-refractivity contribution in [2.75, 3.05) is 18.9 Å². The van der Waals surface area contributed by atoms with Gasteiger partial charge < -0.3 is 16.2 Å². The van der Waals surface area contributed by atoms with Gasteiger partial charge in [-0.2, -0.15) is 0 Å². The number of benzene rings is 1. The van der Waals surface area contributed by atoms with Crippen LogP contribution in [0.2, 0.25) is 0 Å². The zero-order chi connectivity index (χ0) is 13.5. The average Bonchev–Trinajstić information content (AvgIpc) is 2.33. The number of aliphatic hydroxyl groups is 1. The van der Waals surface area contributed by atoms with Crippen LogP contribution in [0.5, 0.6) is 0 Å². The van der Waals surface area contributed by atoms with E-state index in [4.69, 9.17) is 10.8 Å². The standard InChI is InChI=1S/C12H16F2N2O2/c13-9-7-10(14)11(15)6-8(9)12(18)16-4-2-1-3-5-17/h6-7,17H,1-5,15H2,(H,16,18). The fourth-order valence-corrected chi connectivity index (χ4v) is 1.45. The Hall–Kier alpha value is -1.69. The van der Waals surface area contributed by atoms with E-state index in [0.717, 1.165) is 12.5 Å². The van der Waals surface area contributed by atoms with Crippen LogP contribution in [0.1, 0.15) is 29.6 Å². The first-order chi connectivity index (χ1) is 8.56. The predicted molar refractivity (Wildman–Crippen MR) is 64.0 cm³/mol. The van der Waals surface area contributed by atoms with E-state index >= 15 is 0 Å². The number of nitrogens with two attached hydrogens (primary N) is 1. The minimum absolute atomic E-state index is 0.108. The third kappa shape index (κ3) is 3.96. The molecular weight excluding hydrogens is 242 g/mol. The summed E-state index contributed by atoms with van der Waals surface area (Å²) in [5, 5.41) is 11.1. The fourth-order valence-electron chi connectivity index (χ4n) is 1.45. The number of halogens is 2. The van der Waals surface area contributed by atoms with Crippen molar-refractivity contribution in [3.05, 3.63) is 29.3 Å². The van der Waals surface area contributed by atoms with Gasteiger partial charge in [0.25, 0.3) is 5.91 Å². The van der Waals surface area contributed by atoms with Crippen LogP contribution < -0.4 is 11.1 Å². The maximum Gasteiger partial charge on any atom is 0.254 e. The molecule has 0 bridgehead atoms. The van der Waals surface area contributed by atoms with Gasteiger partial charge in [0.2, 0.25) is 0 Å². The Morgan fingerprint density at radius 3 is 2.61 bits per heavy atom. The van der Waals surface area contributed by atoms with Gasteiger partial charge >= 0.3 is 0 Å². The molecule has 0 atom stereocenters. The topological polar surface area (TPSA) is 75.4 Å². The predicted octanol–water partition coefficient (Wildman–Crippen LogP) is 1.44. The van der Waals surface area contributed by atoms with Gasteiger partial charge in [0, 0.05) is 19.2 Å². The minimum Gasteiger partial charge on any atom is -0.396 e. The van der Waals surface area contributed by atoms with Crippen molar-refractivity contribution in [3.63, 3.8) is 0 Å². The van der Waals surface area contributed by atoms with Crippen LogP contribution in [-0.2, 0) is 0 Å². The lowest BCUT2D eigenvalue weighted by atomic mass is 10.1. The molecule has 1 amide bonds. The molecule has 18 heavy (non-hydrogen) atoms. The summed E-state index contributed by atoms with van der Waals surface area (Å²) in [5.74, 6) is -2.44. The largest absolute Gasteiger partial charge is 0.396 e. The number of nitrogens with one attached hydrogen (secondary N) is 1. The zero-order valence-electron chi connectivity index (χ0n) is 9.88. The fraction of sp³-hybridized carbons (Fsp3) is 0.417. The van der Waals surface area contributed by atoms with Crippen molar-refractivity contribution in [1.29, 1.82) is 0 Å². The van der Waals surface area contributed by atoms with Crippen LogP contribution in [-0.4, -0.2) is 24.2 Å². The number of hydrogen-bond acceptors (Lipinski definition) is 3. The molecule has 0 radical (unpaired) electrons. The normalized spacial score (nSPS) is 10.4. The molecule has 0 unspecified atom stereocenters. The molecule has 0 saturated heterocycles. The number of rotatable bonds is 6. The van der Waals surface area contributed by atoms with Gasteiger partial charge in [-0.1, -0.05) is 0 Å². The SMILES string of the molecule is Nc1cc(C(=O)NCCCCCO)c(F)cc1F. The molecule has 0 fully saturated rings. The highest BCUT2D eigenvalue weighted by molar-refractivity contribution is 5.95. The number of carbonyl (C=O) groups is 1. The molecule has 0 aliphatic carbocycles. The van der Waals surface area contributed by atoms with Crippen molar-refractivity contribution in [1.82, 2.24) is 5.32 Å². The van der Waals surface area contributed by atoms with Gasteiger partial charge in [-0.25, -0.2) is 8.78 Å². The first kappa shape index (κ1) is 14.4. The summed E-state index contributed by atoms with van der Waals surface area (Å²) in [4.78, 5) is 11.6. The van der Waals surface area contributed by atoms with Crippen LogP contribution in [0, 0.1) is 11.6 Å². The van der Waals surface area contributed by atoms with Gasteiger partial charge in [-0.05, 0) is 25.3 Å². The summed E-state index contributed by atoms with van der Waals surface area (Å²) in [6.07, 6.45) is 2.11. The van der Waals surface area contributed by atoms with Crippen LogP contribution >= 0.6 is 0 Å². The number of nitrogen functional groups attached to an aromatic ring is 1. The van der Waals surface area contributed by atoms with E-state index in [1.54, 1.807) is 0 Å². The lowest BCUT2D eigenvalue weighted by molar-refractivity contribution is 0.0949. The molecule has 0 saturated carbocycles. The minimum atomic E-state index is -0.936. The molecule has 1 aromatic rings. The van der Waals surface area contributed by atoms with E-state index in [-0.39, 0.29) is 17.9 Å². The molecule has 0 heterocycles. The Bertz CT molecular complexity index is 425. The van der Waals surface area contributed by atoms with Crippen LogP contribution in [0.15, 0.2) is 12.1 Å². The zero-order valence-corrected chi connectivity index (χ0v) is 9.88. The molecule has 0 spiro atoms. The van der Waals surface area contributed by atoms with Gasteiger partial charge in [-0.3, -0.25) is 4.79 Å². The first-order valence-electron chi connectivity index (χ1n) is 5.70. The number of carbonyl (C=O) groups excluding carboxylic acids is 1. The van der Waals surface area contributed by atoms with Gasteiger partial charge in [0.05, 0.1) is 11.3 Å². The number of aliphatic hydroxyl groups excluding tert-OH is 1. The van der Waals surface area contributed by atoms with Gasteiger partial charge in [-0.15, -0.1) is 0 Å². The van der Waals surface area contributed by atoms with E-state index in [0.29, 0.717) is 25.5 Å². The number of anilines is 1. The maximum atomic E-state index is 13.3. The second-order valence-corrected chi connectivity index (χ2v) is 3.89. The average molecular weight is 258 g/mol. The monoisotopic (exact) mass is 258 g/mol. The summed E-state index contributed by atoms with van der Waals surface area (Å²) in [6.45, 7) is 0.479. The Balaban J connectivity index is 2.54. The molecular formula is C12H16F2N2O2. The van der Waals surface area contributed by atoms with E-state index in [1.807, 2.05) is 0 Å². The second kappa shape index (κ2) is 6.90. The van der Waals surface area contributed by atoms with Crippen molar-refractivity contribution in [2.24, 2.45) is 0 Å². The lowest BCUT2D eigenvalue weighted by Crippen LogP contribution is -2.25. The van der Waals surface area contributed by atoms with E-state index in [9.17, 15) is 13.6 Å². The van der Waals surface area contributed by atoms with Crippen molar-refractivity contribution < 1.29 is 18.7 Å². The molecule has 1 aromatic carbocycles. The van der Waals surface area contributed by atoms with Crippen LogP contribution in [0.3, 0.4) is 0 Å². The van der Waals surface area contributed by atoms with Crippen LogP contribution in [0.25, 0.3) is 0 Å². The van der Waals surface area contributed by atoms with E-state index in [1.165, 1.54) is 0 Å². The third-order valence-electron chi connectivity index (χ3n) is 2.45. The van der Waals surface area contributed by atoms with Gasteiger partial charge in [0.15, 0.2) is 0 Å². The Morgan fingerprint density at radius 1 is 1.22 bits per heavy atom. The lowest BCUT2D eigenvalue weighted by Gasteiger charge is -2.07. The van der Waals surface area contributed by atoms with Gasteiger partial charge in [0.1, 0.15) is 11.6 Å². The van der Waals surface area contributed by atoms with Crippen molar-refractivity contribution in [2.45, 2.75) is 19.3 Å². The summed E-state index contributed by atoms with van der Waals surface area (Å²) in [5.41, 5.74) is 4.74. The highest BCUT2D eigenvalue weighted by atomic mass is 19.1. The second-order valence-electron chi connectivity index (χ2n) is 3.89. The van der Waals surface area contributed by atoms with E-state index < -0.39 is 17.5 Å². The quantitative estimate of drug-likeness (QED) is 0.534. The summed E-state index contributed by atoms with van der Waals surface area (Å²) >= 11 is 0. The molecule has 4 N–H and O–H groups in total.